The summed E-state index contributed by atoms with van der Waals surface area (Å²) in [4.78, 5) is 26.1. The number of fused-ring (bicyclic) bond motifs is 5. The van der Waals surface area contributed by atoms with E-state index in [0.717, 1.165) is 32.3 Å². The van der Waals surface area contributed by atoms with Gasteiger partial charge in [0.1, 0.15) is 5.78 Å². The number of ketones is 2. The van der Waals surface area contributed by atoms with Crippen LogP contribution in [-0.2, 0) is 14.3 Å². The van der Waals surface area contributed by atoms with Gasteiger partial charge in [0.25, 0.3) is 0 Å². The molecular weight excluding hydrogens is 396 g/mol. The molecule has 9 atom stereocenters. The van der Waals surface area contributed by atoms with Crippen molar-refractivity contribution in [1.82, 2.24) is 0 Å². The van der Waals surface area contributed by atoms with E-state index in [1.54, 1.807) is 0 Å². The molecule has 0 N–H and O–H groups in total. The van der Waals surface area contributed by atoms with Gasteiger partial charge < -0.3 is 4.74 Å². The van der Waals surface area contributed by atoms with Crippen LogP contribution in [0.25, 0.3) is 0 Å². The van der Waals surface area contributed by atoms with E-state index >= 15 is 0 Å². The summed E-state index contributed by atoms with van der Waals surface area (Å²) < 4.78 is 6.27. The highest BCUT2D eigenvalue weighted by atomic mass is 16.5. The number of carbonyl (C=O) groups excluding carboxylic acids is 2. The van der Waals surface area contributed by atoms with Gasteiger partial charge in [-0.1, -0.05) is 40.2 Å². The van der Waals surface area contributed by atoms with Crippen LogP contribution >= 0.6 is 0 Å². The van der Waals surface area contributed by atoms with Crippen LogP contribution in [0.15, 0.2) is 11.6 Å². The van der Waals surface area contributed by atoms with Gasteiger partial charge in [-0.2, -0.15) is 0 Å². The van der Waals surface area contributed by atoms with Crippen molar-refractivity contribution in [3.8, 4) is 0 Å². The Kier molecular flexibility index (Phi) is 5.75. The van der Waals surface area contributed by atoms with Crippen molar-refractivity contribution in [3.05, 3.63) is 11.6 Å². The molecule has 0 aromatic carbocycles. The number of hydrogen-bond donors (Lipinski definition) is 0. The van der Waals surface area contributed by atoms with E-state index < -0.39 is 0 Å². The SMILES string of the molecule is CC(C)[C@H]1[C@@H](CC2CC[C@@H](C)CO2)C[C@H]2[C@@H]3CC[C@H]4CC(=O)CC[C@]4(C)C3=CC(=O)[C@@]21C. The summed E-state index contributed by atoms with van der Waals surface area (Å²) in [5, 5.41) is 0. The predicted molar refractivity (Wildman–Crippen MR) is 127 cm³/mol. The van der Waals surface area contributed by atoms with Crippen molar-refractivity contribution in [2.75, 3.05) is 6.61 Å². The summed E-state index contributed by atoms with van der Waals surface area (Å²) in [7, 11) is 0. The minimum Gasteiger partial charge on any atom is -0.378 e. The Labute approximate surface area is 195 Å². The minimum atomic E-state index is -0.233. The van der Waals surface area contributed by atoms with E-state index in [-0.39, 0.29) is 10.8 Å². The van der Waals surface area contributed by atoms with E-state index in [4.69, 9.17) is 4.74 Å². The van der Waals surface area contributed by atoms with Crippen molar-refractivity contribution in [1.29, 1.82) is 0 Å². The molecule has 0 aromatic heterocycles. The third kappa shape index (κ3) is 3.39. The normalized spacial score (nSPS) is 48.8. The molecular formula is C29H44O3. The molecule has 1 aliphatic heterocycles. The Bertz CT molecular complexity index is 803. The van der Waals surface area contributed by atoms with Crippen molar-refractivity contribution in [2.24, 2.45) is 52.3 Å². The second kappa shape index (κ2) is 8.07. The molecule has 0 radical (unpaired) electrons. The van der Waals surface area contributed by atoms with Gasteiger partial charge in [0.2, 0.25) is 0 Å². The zero-order chi connectivity index (χ0) is 22.8. The molecule has 5 aliphatic rings. The molecule has 1 saturated heterocycles. The number of Topliss-reactive ketones (excluding diaryl/α,β-unsaturated/α-hetero) is 1. The van der Waals surface area contributed by atoms with Gasteiger partial charge in [-0.15, -0.1) is 0 Å². The summed E-state index contributed by atoms with van der Waals surface area (Å²) >= 11 is 0. The minimum absolute atomic E-state index is 0.0574. The van der Waals surface area contributed by atoms with E-state index in [2.05, 4.69) is 40.7 Å². The molecule has 0 spiro atoms. The molecule has 3 saturated carbocycles. The highest BCUT2D eigenvalue weighted by Crippen LogP contribution is 2.66. The van der Waals surface area contributed by atoms with Gasteiger partial charge in [0, 0.05) is 24.9 Å². The molecule has 4 fully saturated rings. The Morgan fingerprint density at radius 1 is 1.12 bits per heavy atom. The Morgan fingerprint density at radius 3 is 2.59 bits per heavy atom. The van der Waals surface area contributed by atoms with Gasteiger partial charge in [-0.3, -0.25) is 9.59 Å². The predicted octanol–water partition coefficient (Wildman–Crippen LogP) is 6.40. The monoisotopic (exact) mass is 440 g/mol. The van der Waals surface area contributed by atoms with Crippen LogP contribution in [0.1, 0.15) is 92.4 Å². The molecule has 1 unspecified atom stereocenters. The second-order valence-electron chi connectivity index (χ2n) is 13.0. The van der Waals surface area contributed by atoms with E-state index in [9.17, 15) is 9.59 Å². The van der Waals surface area contributed by atoms with Crippen LogP contribution in [0, 0.1) is 52.3 Å². The largest absolute Gasteiger partial charge is 0.378 e. The fourth-order valence-electron chi connectivity index (χ4n) is 9.28. The zero-order valence-corrected chi connectivity index (χ0v) is 21.0. The van der Waals surface area contributed by atoms with Crippen LogP contribution in [0.5, 0.6) is 0 Å². The summed E-state index contributed by atoms with van der Waals surface area (Å²) in [6, 6.07) is 0. The standard InChI is InChI=1S/C29H44O3/c1-17(2)27-19(12-22-8-6-18(3)16-32-22)13-25-23-9-7-20-14-21(30)10-11-28(20,4)24(23)15-26(31)29(25,27)5/h15,17-20,22-23,25,27H,6-14,16H2,1-5H3/t18-,19+,20+,22?,23-,25+,27+,28+,29-/m1/s1. The molecule has 3 heteroatoms. The molecule has 5 rings (SSSR count). The Morgan fingerprint density at radius 2 is 1.91 bits per heavy atom. The molecule has 0 bridgehead atoms. The Balaban J connectivity index is 1.45. The Hall–Kier alpha value is -0.960. The van der Waals surface area contributed by atoms with Gasteiger partial charge in [0.15, 0.2) is 5.78 Å². The highest BCUT2D eigenvalue weighted by Gasteiger charge is 2.63. The van der Waals surface area contributed by atoms with Gasteiger partial charge in [-0.05, 0) is 97.9 Å². The third-order valence-electron chi connectivity index (χ3n) is 10.9. The average molecular weight is 441 g/mol. The molecule has 3 nitrogen and oxygen atoms in total. The van der Waals surface area contributed by atoms with Crippen molar-refractivity contribution in [2.45, 2.75) is 98.5 Å². The summed E-state index contributed by atoms with van der Waals surface area (Å²) in [6.45, 7) is 12.6. The lowest BCUT2D eigenvalue weighted by atomic mass is 9.48. The first-order chi connectivity index (χ1) is 15.1. The van der Waals surface area contributed by atoms with Crippen molar-refractivity contribution >= 4 is 11.6 Å². The molecule has 178 valence electrons. The van der Waals surface area contributed by atoms with E-state index in [1.165, 1.54) is 31.3 Å². The second-order valence-corrected chi connectivity index (χ2v) is 13.0. The lowest BCUT2D eigenvalue weighted by molar-refractivity contribution is -0.133. The van der Waals surface area contributed by atoms with Crippen LogP contribution in [0.4, 0.5) is 0 Å². The topological polar surface area (TPSA) is 43.4 Å². The fraction of sp³-hybridized carbons (Fsp3) is 0.862. The maximum absolute atomic E-state index is 14.0. The quantitative estimate of drug-likeness (QED) is 0.510. The first-order valence-electron chi connectivity index (χ1n) is 13.5. The lowest BCUT2D eigenvalue weighted by Crippen LogP contribution is -2.51. The maximum Gasteiger partial charge on any atom is 0.162 e. The van der Waals surface area contributed by atoms with E-state index in [1.807, 2.05) is 0 Å². The maximum atomic E-state index is 14.0. The molecule has 1 heterocycles. The number of ether oxygens (including phenoxy) is 1. The molecule has 4 aliphatic carbocycles. The molecule has 32 heavy (non-hydrogen) atoms. The van der Waals surface area contributed by atoms with Gasteiger partial charge >= 0.3 is 0 Å². The third-order valence-corrected chi connectivity index (χ3v) is 10.9. The van der Waals surface area contributed by atoms with Crippen molar-refractivity contribution < 1.29 is 14.3 Å². The summed E-state index contributed by atoms with van der Waals surface area (Å²) in [5.74, 6) is 4.49. The lowest BCUT2D eigenvalue weighted by Gasteiger charge is -2.55. The van der Waals surface area contributed by atoms with Crippen LogP contribution in [0.2, 0.25) is 0 Å². The van der Waals surface area contributed by atoms with Gasteiger partial charge in [0.05, 0.1) is 6.10 Å². The number of rotatable bonds is 3. The van der Waals surface area contributed by atoms with Crippen LogP contribution < -0.4 is 0 Å². The number of hydrogen-bond acceptors (Lipinski definition) is 3. The average Bonchev–Trinajstić information content (AvgIpc) is 3.04. The highest BCUT2D eigenvalue weighted by molar-refractivity contribution is 5.97. The summed E-state index contributed by atoms with van der Waals surface area (Å²) in [5.41, 5.74) is 1.25. The summed E-state index contributed by atoms with van der Waals surface area (Å²) in [6.07, 6.45) is 11.9. The molecule has 0 aromatic rings. The van der Waals surface area contributed by atoms with Gasteiger partial charge in [-0.25, -0.2) is 0 Å². The van der Waals surface area contributed by atoms with Crippen LogP contribution in [-0.4, -0.2) is 24.3 Å². The van der Waals surface area contributed by atoms with Crippen molar-refractivity contribution in [3.63, 3.8) is 0 Å². The zero-order valence-electron chi connectivity index (χ0n) is 21.0. The molecule has 0 amide bonds. The fourth-order valence-corrected chi connectivity index (χ4v) is 9.28. The first kappa shape index (κ1) is 22.8. The van der Waals surface area contributed by atoms with E-state index in [0.29, 0.717) is 65.5 Å². The number of allylic oxidation sites excluding steroid dienone is 2. The smallest absolute Gasteiger partial charge is 0.162 e. The van der Waals surface area contributed by atoms with Crippen LogP contribution in [0.3, 0.4) is 0 Å². The number of carbonyl (C=O) groups is 2. The first-order valence-corrected chi connectivity index (χ1v) is 13.5.